The number of amides is 1. The average molecular weight is 540 g/mol. The Hall–Kier alpha value is -3.21. The molecule has 10 heteroatoms. The van der Waals surface area contributed by atoms with Crippen LogP contribution < -0.4 is 9.64 Å². The lowest BCUT2D eigenvalue weighted by atomic mass is 9.98. The quantitative estimate of drug-likeness (QED) is 0.304. The molecule has 0 radical (unpaired) electrons. The van der Waals surface area contributed by atoms with Crippen LogP contribution in [0, 0.1) is 12.8 Å². The number of fused-ring (bicyclic) bond motifs is 1. The predicted molar refractivity (Wildman–Crippen MR) is 143 cm³/mol. The number of hydrogen-bond donors (Lipinski definition) is 0. The van der Waals surface area contributed by atoms with Gasteiger partial charge in [0, 0.05) is 13.1 Å². The zero-order chi connectivity index (χ0) is 26.0. The van der Waals surface area contributed by atoms with E-state index in [1.54, 1.807) is 41.5 Å². The molecule has 0 spiro atoms. The van der Waals surface area contributed by atoms with E-state index in [9.17, 15) is 13.2 Å². The van der Waals surface area contributed by atoms with Crippen molar-refractivity contribution in [3.63, 3.8) is 0 Å². The third-order valence-electron chi connectivity index (χ3n) is 6.45. The summed E-state index contributed by atoms with van der Waals surface area (Å²) in [6, 6.07) is 16.1. The number of benzene rings is 2. The van der Waals surface area contributed by atoms with Crippen LogP contribution in [0.5, 0.6) is 5.75 Å². The van der Waals surface area contributed by atoms with Gasteiger partial charge in [-0.3, -0.25) is 9.69 Å². The summed E-state index contributed by atoms with van der Waals surface area (Å²) >= 11 is 1.40. The highest BCUT2D eigenvalue weighted by Gasteiger charge is 2.36. The molecule has 1 aliphatic heterocycles. The second-order valence-corrected chi connectivity index (χ2v) is 12.0. The molecule has 5 rings (SSSR count). The number of hydrogen-bond acceptors (Lipinski definition) is 7. The normalized spacial score (nSPS) is 16.6. The maximum absolute atomic E-state index is 14.0. The van der Waals surface area contributed by atoms with Crippen molar-refractivity contribution < 1.29 is 22.4 Å². The van der Waals surface area contributed by atoms with Gasteiger partial charge in [-0.2, -0.15) is 4.31 Å². The van der Waals surface area contributed by atoms with Crippen LogP contribution in [-0.4, -0.2) is 43.3 Å². The Morgan fingerprint density at radius 1 is 1.19 bits per heavy atom. The fraction of sp³-hybridized carbons (Fsp3) is 0.333. The molecule has 0 bridgehead atoms. The molecular formula is C27H29N3O5S2. The van der Waals surface area contributed by atoms with Gasteiger partial charge < -0.3 is 9.15 Å². The van der Waals surface area contributed by atoms with E-state index in [0.717, 1.165) is 10.3 Å². The third kappa shape index (κ3) is 5.27. The Morgan fingerprint density at radius 2 is 2.00 bits per heavy atom. The van der Waals surface area contributed by atoms with Crippen molar-refractivity contribution in [1.82, 2.24) is 9.29 Å². The van der Waals surface area contributed by atoms with Gasteiger partial charge in [-0.05, 0) is 63.1 Å². The van der Waals surface area contributed by atoms with Crippen molar-refractivity contribution in [2.24, 2.45) is 5.92 Å². The summed E-state index contributed by atoms with van der Waals surface area (Å²) in [7, 11) is -3.70. The van der Waals surface area contributed by atoms with Gasteiger partial charge in [0.2, 0.25) is 15.9 Å². The Bertz CT molecular complexity index is 1480. The number of carbonyl (C=O) groups excluding carboxylic acids is 1. The zero-order valence-electron chi connectivity index (χ0n) is 20.8. The molecule has 2 aromatic carbocycles. The monoisotopic (exact) mass is 539 g/mol. The van der Waals surface area contributed by atoms with Gasteiger partial charge in [0.05, 0.1) is 34.9 Å². The van der Waals surface area contributed by atoms with Crippen molar-refractivity contribution in [1.29, 1.82) is 0 Å². The Kier molecular flexibility index (Phi) is 7.32. The van der Waals surface area contributed by atoms with Crippen LogP contribution in [0.4, 0.5) is 5.13 Å². The summed E-state index contributed by atoms with van der Waals surface area (Å²) in [5, 5.41) is 0.530. The molecule has 2 aromatic heterocycles. The maximum Gasteiger partial charge on any atom is 0.243 e. The van der Waals surface area contributed by atoms with E-state index in [1.165, 1.54) is 15.6 Å². The van der Waals surface area contributed by atoms with Crippen molar-refractivity contribution in [2.75, 3.05) is 24.6 Å². The molecule has 1 atom stereocenters. The Balaban J connectivity index is 1.45. The number of anilines is 1. The van der Waals surface area contributed by atoms with Gasteiger partial charge in [0.15, 0.2) is 5.13 Å². The topological polar surface area (TPSA) is 93.0 Å². The molecule has 1 unspecified atom stereocenters. The van der Waals surface area contributed by atoms with Gasteiger partial charge in [-0.15, -0.1) is 0 Å². The highest BCUT2D eigenvalue weighted by Crippen LogP contribution is 2.36. The standard InChI is InChI=1S/C27H29N3O5S2/c1-3-34-23-9-4-10-24-25(23)28-27(36-24)30(18-21-8-6-16-35-21)26(31)20-7-5-15-29(17-20)37(32,33)22-13-11-19(2)12-14-22/h4,6,8-14,16,20H,3,5,7,15,17-18H2,1-2H3. The minimum Gasteiger partial charge on any atom is -0.492 e. The predicted octanol–water partition coefficient (Wildman–Crippen LogP) is 5.23. The molecule has 3 heterocycles. The minimum absolute atomic E-state index is 0.124. The third-order valence-corrected chi connectivity index (χ3v) is 9.38. The fourth-order valence-electron chi connectivity index (χ4n) is 4.54. The van der Waals surface area contributed by atoms with E-state index >= 15 is 0 Å². The van der Waals surface area contributed by atoms with Gasteiger partial charge >= 0.3 is 0 Å². The Labute approximate surface area is 220 Å². The number of furan rings is 1. The van der Waals surface area contributed by atoms with E-state index in [0.29, 0.717) is 48.2 Å². The number of aromatic nitrogens is 1. The van der Waals surface area contributed by atoms with Gasteiger partial charge in [0.25, 0.3) is 0 Å². The van der Waals surface area contributed by atoms with Crippen LogP contribution in [0.25, 0.3) is 10.2 Å². The van der Waals surface area contributed by atoms with Crippen LogP contribution in [0.1, 0.15) is 31.1 Å². The first kappa shape index (κ1) is 25.4. The highest BCUT2D eigenvalue weighted by molar-refractivity contribution is 7.89. The summed E-state index contributed by atoms with van der Waals surface area (Å²) in [5.74, 6) is 0.623. The zero-order valence-corrected chi connectivity index (χ0v) is 22.4. The number of piperidine rings is 1. The summed E-state index contributed by atoms with van der Waals surface area (Å²) in [6.45, 7) is 5.05. The van der Waals surface area contributed by atoms with E-state index in [4.69, 9.17) is 14.1 Å². The maximum atomic E-state index is 14.0. The SMILES string of the molecule is CCOc1cccc2sc(N(Cc3ccco3)C(=O)C3CCCN(S(=O)(=O)c4ccc(C)cc4)C3)nc12. The molecule has 1 saturated heterocycles. The number of thiazole rings is 1. The van der Waals surface area contributed by atoms with Crippen molar-refractivity contribution in [2.45, 2.75) is 38.1 Å². The number of rotatable bonds is 8. The summed E-state index contributed by atoms with van der Waals surface area (Å²) < 4.78 is 40.3. The van der Waals surface area contributed by atoms with E-state index in [-0.39, 0.29) is 23.9 Å². The average Bonchev–Trinajstić information content (AvgIpc) is 3.58. The summed E-state index contributed by atoms with van der Waals surface area (Å²) in [4.78, 5) is 20.6. The van der Waals surface area contributed by atoms with Crippen molar-refractivity contribution in [3.05, 3.63) is 72.2 Å². The Morgan fingerprint density at radius 3 is 2.73 bits per heavy atom. The number of ether oxygens (including phenoxy) is 1. The first-order valence-electron chi connectivity index (χ1n) is 12.3. The molecule has 8 nitrogen and oxygen atoms in total. The fourth-order valence-corrected chi connectivity index (χ4v) is 7.05. The number of carbonyl (C=O) groups is 1. The second-order valence-electron chi connectivity index (χ2n) is 9.05. The molecule has 1 amide bonds. The lowest BCUT2D eigenvalue weighted by Gasteiger charge is -2.33. The van der Waals surface area contributed by atoms with Gasteiger partial charge in [-0.1, -0.05) is 35.1 Å². The highest BCUT2D eigenvalue weighted by atomic mass is 32.2. The van der Waals surface area contributed by atoms with Gasteiger partial charge in [0.1, 0.15) is 17.0 Å². The van der Waals surface area contributed by atoms with Crippen LogP contribution in [0.3, 0.4) is 0 Å². The molecular weight excluding hydrogens is 510 g/mol. The van der Waals surface area contributed by atoms with Crippen LogP contribution >= 0.6 is 11.3 Å². The lowest BCUT2D eigenvalue weighted by Crippen LogP contribution is -2.46. The number of aryl methyl sites for hydroxylation is 1. The van der Waals surface area contributed by atoms with Crippen LogP contribution in [0.15, 0.2) is 70.2 Å². The summed E-state index contributed by atoms with van der Waals surface area (Å²) in [6.07, 6.45) is 2.77. The summed E-state index contributed by atoms with van der Waals surface area (Å²) in [5.41, 5.74) is 1.69. The molecule has 1 fully saturated rings. The first-order chi connectivity index (χ1) is 17.9. The van der Waals surface area contributed by atoms with E-state index in [2.05, 4.69) is 0 Å². The van der Waals surface area contributed by atoms with Crippen molar-refractivity contribution in [3.8, 4) is 5.75 Å². The molecule has 194 valence electrons. The number of para-hydroxylation sites is 1. The molecule has 1 aliphatic rings. The van der Waals surface area contributed by atoms with Crippen LogP contribution in [0.2, 0.25) is 0 Å². The number of sulfonamides is 1. The first-order valence-corrected chi connectivity index (χ1v) is 14.6. The minimum atomic E-state index is -3.70. The smallest absolute Gasteiger partial charge is 0.243 e. The van der Waals surface area contributed by atoms with Crippen LogP contribution in [-0.2, 0) is 21.4 Å². The van der Waals surface area contributed by atoms with E-state index in [1.807, 2.05) is 38.1 Å². The molecule has 0 saturated carbocycles. The van der Waals surface area contributed by atoms with E-state index < -0.39 is 15.9 Å². The number of nitrogens with zero attached hydrogens (tertiary/aromatic N) is 3. The molecule has 37 heavy (non-hydrogen) atoms. The lowest BCUT2D eigenvalue weighted by molar-refractivity contribution is -0.123. The van der Waals surface area contributed by atoms with Crippen molar-refractivity contribution >= 4 is 42.6 Å². The second kappa shape index (κ2) is 10.6. The van der Waals surface area contributed by atoms with Gasteiger partial charge in [-0.25, -0.2) is 13.4 Å². The molecule has 4 aromatic rings. The molecule has 0 aliphatic carbocycles. The largest absolute Gasteiger partial charge is 0.492 e. The molecule has 0 N–H and O–H groups in total.